The van der Waals surface area contributed by atoms with E-state index in [-0.39, 0.29) is 6.10 Å². The summed E-state index contributed by atoms with van der Waals surface area (Å²) in [6.07, 6.45) is 0.731. The molecule has 2 unspecified atom stereocenters. The van der Waals surface area contributed by atoms with E-state index in [2.05, 4.69) is 0 Å². The molecule has 1 rings (SSSR count). The van der Waals surface area contributed by atoms with Crippen molar-refractivity contribution in [1.82, 2.24) is 0 Å². The molecular weight excluding hydrogens is 227 g/mol. The van der Waals surface area contributed by atoms with Crippen molar-refractivity contribution in [2.45, 2.75) is 26.4 Å². The second-order valence-electron chi connectivity index (χ2n) is 3.31. The van der Waals surface area contributed by atoms with Gasteiger partial charge in [-0.1, -0.05) is 6.92 Å². The minimum absolute atomic E-state index is 0.0677. The molecule has 88 valence electrons. The average Bonchev–Trinajstić information content (AvgIpc) is 2.29. The van der Waals surface area contributed by atoms with E-state index in [1.807, 2.05) is 13.8 Å². The van der Waals surface area contributed by atoms with Gasteiger partial charge in [-0.25, -0.2) is 4.52 Å². The molecule has 0 aliphatic carbocycles. The van der Waals surface area contributed by atoms with Crippen molar-refractivity contribution in [2.75, 3.05) is 7.11 Å². The Morgan fingerprint density at radius 1 is 1.25 bits per heavy atom. The minimum Gasteiger partial charge on any atom is -0.497 e. The Morgan fingerprint density at radius 2 is 1.81 bits per heavy atom. The van der Waals surface area contributed by atoms with Gasteiger partial charge in [-0.2, -0.15) is 0 Å². The van der Waals surface area contributed by atoms with Crippen LogP contribution in [0.4, 0.5) is 0 Å². The SMILES string of the molecule is CCC(C)O[P+](=O)Oc1ccc(OC)cc1. The van der Waals surface area contributed by atoms with Gasteiger partial charge in [-0.3, -0.25) is 0 Å². The van der Waals surface area contributed by atoms with Gasteiger partial charge in [0.05, 0.1) is 7.11 Å². The summed E-state index contributed by atoms with van der Waals surface area (Å²) in [5.41, 5.74) is 0. The molecular formula is C11H16O4P+. The van der Waals surface area contributed by atoms with Gasteiger partial charge in [0.25, 0.3) is 0 Å². The lowest BCUT2D eigenvalue weighted by Crippen LogP contribution is -2.01. The van der Waals surface area contributed by atoms with E-state index < -0.39 is 8.25 Å². The quantitative estimate of drug-likeness (QED) is 0.717. The van der Waals surface area contributed by atoms with Crippen molar-refractivity contribution in [1.29, 1.82) is 0 Å². The van der Waals surface area contributed by atoms with Crippen LogP contribution in [0.1, 0.15) is 20.3 Å². The van der Waals surface area contributed by atoms with E-state index in [1.54, 1.807) is 31.4 Å². The molecule has 1 aromatic rings. The summed E-state index contributed by atoms with van der Waals surface area (Å²) in [5, 5.41) is 0. The first kappa shape index (κ1) is 12.9. The van der Waals surface area contributed by atoms with E-state index in [4.69, 9.17) is 13.8 Å². The fourth-order valence-corrected chi connectivity index (χ4v) is 1.75. The van der Waals surface area contributed by atoms with Gasteiger partial charge in [0.15, 0.2) is 5.75 Å². The van der Waals surface area contributed by atoms with Gasteiger partial charge >= 0.3 is 8.25 Å². The second-order valence-corrected chi connectivity index (χ2v) is 4.16. The summed E-state index contributed by atoms with van der Waals surface area (Å²) in [7, 11) is -0.521. The third-order valence-corrected chi connectivity index (χ3v) is 2.97. The Hall–Kier alpha value is -1.12. The third-order valence-electron chi connectivity index (χ3n) is 2.08. The van der Waals surface area contributed by atoms with Crippen molar-refractivity contribution >= 4 is 8.25 Å². The van der Waals surface area contributed by atoms with Crippen LogP contribution in [0.5, 0.6) is 11.5 Å². The van der Waals surface area contributed by atoms with Crippen LogP contribution in [-0.4, -0.2) is 13.2 Å². The fourth-order valence-electron chi connectivity index (χ4n) is 0.966. The molecule has 16 heavy (non-hydrogen) atoms. The van der Waals surface area contributed by atoms with E-state index in [0.717, 1.165) is 12.2 Å². The predicted molar refractivity (Wildman–Crippen MR) is 62.1 cm³/mol. The lowest BCUT2D eigenvalue weighted by molar-refractivity contribution is 0.205. The fraction of sp³-hybridized carbons (Fsp3) is 0.455. The van der Waals surface area contributed by atoms with Crippen molar-refractivity contribution in [3.8, 4) is 11.5 Å². The molecule has 0 saturated carbocycles. The Balaban J connectivity index is 2.49. The molecule has 0 amide bonds. The standard InChI is InChI=1S/C11H16O4P/c1-4-9(2)14-16(12)15-11-7-5-10(13-3)6-8-11/h5-9H,4H2,1-3H3/q+1. The van der Waals surface area contributed by atoms with E-state index in [0.29, 0.717) is 5.75 Å². The first-order chi connectivity index (χ1) is 7.65. The van der Waals surface area contributed by atoms with Crippen LogP contribution in [0, 0.1) is 0 Å². The highest BCUT2D eigenvalue weighted by atomic mass is 31.1. The maximum absolute atomic E-state index is 11.4. The summed E-state index contributed by atoms with van der Waals surface area (Å²) in [6, 6.07) is 6.85. The highest BCUT2D eigenvalue weighted by Crippen LogP contribution is 2.30. The van der Waals surface area contributed by atoms with Crippen molar-refractivity contribution in [2.24, 2.45) is 0 Å². The molecule has 2 atom stereocenters. The van der Waals surface area contributed by atoms with Crippen LogP contribution in [0.3, 0.4) is 0 Å². The van der Waals surface area contributed by atoms with Crippen LogP contribution in [0.25, 0.3) is 0 Å². The first-order valence-corrected chi connectivity index (χ1v) is 6.21. The summed E-state index contributed by atoms with van der Waals surface area (Å²) in [4.78, 5) is 0. The van der Waals surface area contributed by atoms with E-state index in [1.165, 1.54) is 0 Å². The topological polar surface area (TPSA) is 44.8 Å². The zero-order valence-electron chi connectivity index (χ0n) is 9.67. The molecule has 4 nitrogen and oxygen atoms in total. The molecule has 0 N–H and O–H groups in total. The molecule has 0 aliphatic rings. The summed E-state index contributed by atoms with van der Waals surface area (Å²) in [5.74, 6) is 1.23. The van der Waals surface area contributed by atoms with Crippen LogP contribution < -0.4 is 9.26 Å². The van der Waals surface area contributed by atoms with Crippen LogP contribution in [-0.2, 0) is 9.09 Å². The van der Waals surface area contributed by atoms with E-state index >= 15 is 0 Å². The molecule has 0 fully saturated rings. The number of hydrogen-bond donors (Lipinski definition) is 0. The lowest BCUT2D eigenvalue weighted by atomic mass is 10.3. The van der Waals surface area contributed by atoms with Gasteiger partial charge in [0.2, 0.25) is 0 Å². The Kier molecular flexibility index (Phi) is 5.23. The first-order valence-electron chi connectivity index (χ1n) is 5.11. The van der Waals surface area contributed by atoms with Crippen LogP contribution in [0.2, 0.25) is 0 Å². The average molecular weight is 243 g/mol. The Labute approximate surface area is 96.5 Å². The van der Waals surface area contributed by atoms with Crippen molar-refractivity contribution in [3.05, 3.63) is 24.3 Å². The molecule has 1 aromatic carbocycles. The molecule has 0 aliphatic heterocycles. The van der Waals surface area contributed by atoms with Crippen molar-refractivity contribution < 1.29 is 18.3 Å². The number of rotatable bonds is 6. The third kappa shape index (κ3) is 4.17. The second kappa shape index (κ2) is 6.46. The predicted octanol–water partition coefficient (Wildman–Crippen LogP) is 3.55. The van der Waals surface area contributed by atoms with Gasteiger partial charge in [0.1, 0.15) is 11.9 Å². The zero-order chi connectivity index (χ0) is 12.0. The summed E-state index contributed by atoms with van der Waals surface area (Å²) < 4.78 is 26.6. The van der Waals surface area contributed by atoms with Gasteiger partial charge in [0, 0.05) is 4.57 Å². The largest absolute Gasteiger partial charge is 0.750 e. The Morgan fingerprint density at radius 3 is 2.31 bits per heavy atom. The zero-order valence-corrected chi connectivity index (χ0v) is 10.6. The Bertz CT molecular complexity index is 336. The number of ether oxygens (including phenoxy) is 1. The monoisotopic (exact) mass is 243 g/mol. The molecule has 0 spiro atoms. The molecule has 5 heteroatoms. The maximum Gasteiger partial charge on any atom is 0.750 e. The minimum atomic E-state index is -2.11. The molecule has 0 heterocycles. The number of benzene rings is 1. The van der Waals surface area contributed by atoms with Gasteiger partial charge < -0.3 is 4.74 Å². The van der Waals surface area contributed by atoms with Crippen LogP contribution >= 0.6 is 8.25 Å². The molecule has 0 aromatic heterocycles. The summed E-state index contributed by atoms with van der Waals surface area (Å²) >= 11 is 0. The number of methoxy groups -OCH3 is 1. The van der Waals surface area contributed by atoms with Crippen LogP contribution in [0.15, 0.2) is 24.3 Å². The maximum atomic E-state index is 11.4. The van der Waals surface area contributed by atoms with Gasteiger partial charge in [-0.15, -0.1) is 4.52 Å². The number of hydrogen-bond acceptors (Lipinski definition) is 4. The normalized spacial score (nSPS) is 13.1. The van der Waals surface area contributed by atoms with Crippen molar-refractivity contribution in [3.63, 3.8) is 0 Å². The summed E-state index contributed by atoms with van der Waals surface area (Å²) in [6.45, 7) is 3.81. The molecule has 0 radical (unpaired) electrons. The molecule has 0 saturated heterocycles. The van der Waals surface area contributed by atoms with E-state index in [9.17, 15) is 4.57 Å². The smallest absolute Gasteiger partial charge is 0.497 e. The highest BCUT2D eigenvalue weighted by Gasteiger charge is 2.25. The highest BCUT2D eigenvalue weighted by molar-refractivity contribution is 7.33. The molecule has 0 bridgehead atoms. The lowest BCUT2D eigenvalue weighted by Gasteiger charge is -2.00. The van der Waals surface area contributed by atoms with Gasteiger partial charge in [-0.05, 0) is 37.6 Å².